The van der Waals surface area contributed by atoms with E-state index in [9.17, 15) is 19.8 Å². The molecule has 5 rings (SSSR count). The highest BCUT2D eigenvalue weighted by atomic mass is 32.1. The van der Waals surface area contributed by atoms with Crippen LogP contribution >= 0.6 is 13.5 Å². The Labute approximate surface area is 226 Å². The van der Waals surface area contributed by atoms with Crippen molar-refractivity contribution < 1.29 is 29.3 Å². The number of hydrogen-bond acceptors (Lipinski definition) is 6. The van der Waals surface area contributed by atoms with Crippen LogP contribution in [0.25, 0.3) is 0 Å². The summed E-state index contributed by atoms with van der Waals surface area (Å²) >= 11 is 0. The van der Waals surface area contributed by atoms with Gasteiger partial charge < -0.3 is 19.7 Å². The number of ketones is 2. The van der Waals surface area contributed by atoms with Gasteiger partial charge in [-0.3, -0.25) is 9.59 Å². The van der Waals surface area contributed by atoms with Gasteiger partial charge in [0.15, 0.2) is 23.5 Å². The van der Waals surface area contributed by atoms with Crippen molar-refractivity contribution in [3.63, 3.8) is 0 Å². The number of ether oxygens (including phenoxy) is 2. The molecule has 36 heavy (non-hydrogen) atoms. The molecule has 0 aromatic carbocycles. The van der Waals surface area contributed by atoms with Crippen molar-refractivity contribution in [3.05, 3.63) is 23.8 Å². The predicted octanol–water partition coefficient (Wildman–Crippen LogP) is 5.37. The summed E-state index contributed by atoms with van der Waals surface area (Å²) < 4.78 is 12.7. The van der Waals surface area contributed by atoms with Crippen LogP contribution in [0, 0.1) is 28.6 Å². The maximum atomic E-state index is 13.2. The Bertz CT molecular complexity index is 870. The lowest BCUT2D eigenvalue weighted by molar-refractivity contribution is -0.200. The molecule has 7 heteroatoms. The van der Waals surface area contributed by atoms with E-state index in [0.29, 0.717) is 19.3 Å². The van der Waals surface area contributed by atoms with Gasteiger partial charge in [0.2, 0.25) is 0 Å². The van der Waals surface area contributed by atoms with Gasteiger partial charge in [-0.2, -0.15) is 13.5 Å². The number of aliphatic hydroxyl groups is 2. The number of carbonyl (C=O) groups is 2. The highest BCUT2D eigenvalue weighted by Crippen LogP contribution is 2.69. The van der Waals surface area contributed by atoms with Crippen molar-refractivity contribution in [1.29, 1.82) is 0 Å². The van der Waals surface area contributed by atoms with Crippen LogP contribution in [0.2, 0.25) is 0 Å². The normalized spacial score (nSPS) is 43.4. The molecule has 0 bridgehead atoms. The fourth-order valence-electron chi connectivity index (χ4n) is 8.12. The molecule has 0 aromatic rings. The van der Waals surface area contributed by atoms with Crippen molar-refractivity contribution in [2.24, 2.45) is 28.6 Å². The Balaban J connectivity index is 0.00000245. The second-order valence-electron chi connectivity index (χ2n) is 10.7. The quantitative estimate of drug-likeness (QED) is 0.509. The Morgan fingerprint density at radius 3 is 2.47 bits per heavy atom. The fraction of sp³-hybridized carbons (Fsp3) is 0.793. The summed E-state index contributed by atoms with van der Waals surface area (Å²) in [7, 11) is 0. The summed E-state index contributed by atoms with van der Waals surface area (Å²) in [5, 5.41) is 21.4. The van der Waals surface area contributed by atoms with E-state index in [-0.39, 0.29) is 77.9 Å². The predicted molar refractivity (Wildman–Crippen MR) is 150 cm³/mol. The monoisotopic (exact) mass is 528 g/mol. The van der Waals surface area contributed by atoms with E-state index in [1.165, 1.54) is 0 Å². The summed E-state index contributed by atoms with van der Waals surface area (Å²) in [4.78, 5) is 25.2. The minimum Gasteiger partial charge on any atom is -0.393 e. The van der Waals surface area contributed by atoms with Crippen molar-refractivity contribution in [1.82, 2.24) is 0 Å². The van der Waals surface area contributed by atoms with E-state index in [1.54, 1.807) is 12.2 Å². The lowest BCUT2D eigenvalue weighted by Crippen LogP contribution is -2.63. The molecular formula is C29H52O6S. The van der Waals surface area contributed by atoms with E-state index in [4.69, 9.17) is 9.47 Å². The van der Waals surface area contributed by atoms with Crippen LogP contribution < -0.4 is 0 Å². The number of Topliss-reactive ketones (excluding diaryl/α,β-unsaturated/α-hetero) is 1. The van der Waals surface area contributed by atoms with Crippen LogP contribution in [0.15, 0.2) is 23.8 Å². The summed E-state index contributed by atoms with van der Waals surface area (Å²) in [6, 6.07) is 0. The van der Waals surface area contributed by atoms with Gasteiger partial charge in [-0.15, -0.1) is 0 Å². The van der Waals surface area contributed by atoms with E-state index in [2.05, 4.69) is 20.8 Å². The van der Waals surface area contributed by atoms with Crippen LogP contribution in [0.5, 0.6) is 0 Å². The smallest absolute Gasteiger partial charge is 0.193 e. The number of hydrogen-bond donors (Lipinski definition) is 2. The largest absolute Gasteiger partial charge is 0.393 e. The first-order valence-electron chi connectivity index (χ1n) is 11.8. The Morgan fingerprint density at radius 2 is 1.86 bits per heavy atom. The van der Waals surface area contributed by atoms with Crippen LogP contribution in [0.1, 0.15) is 89.0 Å². The molecule has 9 atom stereocenters. The molecule has 5 aliphatic rings. The Kier molecular flexibility index (Phi) is 11.5. The van der Waals surface area contributed by atoms with Gasteiger partial charge >= 0.3 is 0 Å². The first-order valence-corrected chi connectivity index (χ1v) is 11.8. The molecule has 4 fully saturated rings. The summed E-state index contributed by atoms with van der Waals surface area (Å²) in [6.07, 6.45) is 8.31. The molecule has 0 radical (unpaired) electrons. The van der Waals surface area contributed by atoms with Crippen LogP contribution in [0.4, 0.5) is 0 Å². The van der Waals surface area contributed by atoms with E-state index in [0.717, 1.165) is 24.8 Å². The van der Waals surface area contributed by atoms with E-state index < -0.39 is 36.1 Å². The molecule has 0 aromatic heterocycles. The molecule has 0 spiro atoms. The molecular weight excluding hydrogens is 476 g/mol. The highest BCUT2D eigenvalue weighted by molar-refractivity contribution is 7.59. The molecule has 2 N–H and O–H groups in total. The highest BCUT2D eigenvalue weighted by Gasteiger charge is 2.75. The van der Waals surface area contributed by atoms with Gasteiger partial charge in [0.1, 0.15) is 6.61 Å². The van der Waals surface area contributed by atoms with Crippen molar-refractivity contribution >= 4 is 25.1 Å². The fourth-order valence-corrected chi connectivity index (χ4v) is 8.12. The Hall–Kier alpha value is -0.990. The topological polar surface area (TPSA) is 93.1 Å². The minimum absolute atomic E-state index is 0. The molecule has 1 aliphatic heterocycles. The number of aliphatic hydroxyl groups excluding tert-OH is 2. The molecule has 1 heterocycles. The van der Waals surface area contributed by atoms with E-state index >= 15 is 0 Å². The second-order valence-corrected chi connectivity index (χ2v) is 10.7. The second kappa shape index (κ2) is 11.8. The Morgan fingerprint density at radius 1 is 1.19 bits per heavy atom. The first-order chi connectivity index (χ1) is 14.7. The van der Waals surface area contributed by atoms with E-state index in [1.807, 2.05) is 6.08 Å². The maximum Gasteiger partial charge on any atom is 0.193 e. The van der Waals surface area contributed by atoms with Gasteiger partial charge in [-0.1, -0.05) is 68.5 Å². The maximum absolute atomic E-state index is 13.2. The molecule has 6 nitrogen and oxygen atoms in total. The SMILES string of the molecule is C.C.C.C.CCC[C@H]1O[C@@H]2C[C@H]3[C@@H]4CCC5=CC(=O)C=C[C@]5(C)[C@H]4[C@@H](O)C[C@]3(C)[C@]2(C(=O)CO)O1.S. The van der Waals surface area contributed by atoms with Gasteiger partial charge in [-0.25, -0.2) is 0 Å². The van der Waals surface area contributed by atoms with Crippen molar-refractivity contribution in [2.45, 2.75) is 113 Å². The number of fused-ring (bicyclic) bond motifs is 7. The van der Waals surface area contributed by atoms with Crippen LogP contribution in [-0.2, 0) is 19.1 Å². The van der Waals surface area contributed by atoms with Gasteiger partial charge in [0.05, 0.1) is 12.2 Å². The zero-order valence-electron chi connectivity index (χ0n) is 19.2. The molecule has 4 aliphatic carbocycles. The zero-order chi connectivity index (χ0) is 22.2. The molecule has 1 saturated heterocycles. The zero-order valence-corrected chi connectivity index (χ0v) is 20.2. The molecule has 0 unspecified atom stereocenters. The van der Waals surface area contributed by atoms with Crippen LogP contribution in [-0.4, -0.2) is 52.5 Å². The third-order valence-corrected chi connectivity index (χ3v) is 9.37. The third kappa shape index (κ3) is 4.37. The average molecular weight is 529 g/mol. The molecule has 3 saturated carbocycles. The van der Waals surface area contributed by atoms with Crippen LogP contribution in [0.3, 0.4) is 0 Å². The number of allylic oxidation sites excluding steroid dienone is 4. The van der Waals surface area contributed by atoms with Gasteiger partial charge in [0, 0.05) is 16.7 Å². The number of carbonyl (C=O) groups excluding carboxylic acids is 2. The third-order valence-electron chi connectivity index (χ3n) is 9.37. The average Bonchev–Trinajstić information content (AvgIpc) is 3.20. The van der Waals surface area contributed by atoms with Gasteiger partial charge in [-0.05, 0) is 56.1 Å². The summed E-state index contributed by atoms with van der Waals surface area (Å²) in [5.74, 6) is 0.0274. The van der Waals surface area contributed by atoms with Crippen molar-refractivity contribution in [2.75, 3.05) is 6.61 Å². The molecule has 0 amide bonds. The summed E-state index contributed by atoms with van der Waals surface area (Å²) in [5.41, 5.74) is -1.05. The van der Waals surface area contributed by atoms with Gasteiger partial charge in [0.25, 0.3) is 0 Å². The van der Waals surface area contributed by atoms with Crippen molar-refractivity contribution in [3.8, 4) is 0 Å². The standard InChI is InChI=1S/C25H34O6.4CH4.H2S/c1-4-5-21-30-20-11-17-16-7-6-14-10-15(27)8-9-23(14,2)22(16)18(28)12-24(17,3)25(20,31-21)19(29)13-26;;;;;/h8-10,16-18,20-22,26,28H,4-7,11-13H2,1-3H3;4*1H4;1H2/t16-,17-,18-,20+,21-,22+,23-,24-,25+;;;;;/m0...../s1. The molecule has 210 valence electrons. The minimum atomic E-state index is -1.20. The summed E-state index contributed by atoms with van der Waals surface area (Å²) in [6.45, 7) is 5.67. The lowest BCUT2D eigenvalue weighted by atomic mass is 9.46. The first kappa shape index (κ1) is 35.0. The number of rotatable bonds is 4. The lowest BCUT2D eigenvalue weighted by Gasteiger charge is -2.59.